The third-order valence-corrected chi connectivity index (χ3v) is 4.58. The Hall–Kier alpha value is -2.34. The highest BCUT2D eigenvalue weighted by Gasteiger charge is 2.22. The van der Waals surface area contributed by atoms with Crippen molar-refractivity contribution in [2.75, 3.05) is 20.1 Å². The van der Waals surface area contributed by atoms with Crippen LogP contribution in [0.2, 0.25) is 0 Å². The summed E-state index contributed by atoms with van der Waals surface area (Å²) >= 11 is 0. The van der Waals surface area contributed by atoms with Crippen molar-refractivity contribution in [2.45, 2.75) is 31.9 Å². The lowest BCUT2D eigenvalue weighted by atomic mass is 10.1. The topological polar surface area (TPSA) is 73.4 Å². The zero-order valence-corrected chi connectivity index (χ0v) is 14.2. The highest BCUT2D eigenvalue weighted by Crippen LogP contribution is 2.32. The summed E-state index contributed by atoms with van der Waals surface area (Å²) in [6.07, 6.45) is 5.69. The van der Waals surface area contributed by atoms with E-state index in [4.69, 9.17) is 10.5 Å². The van der Waals surface area contributed by atoms with Crippen LogP contribution in [-0.2, 0) is 4.79 Å². The first-order valence-corrected chi connectivity index (χ1v) is 8.33. The molecule has 0 spiro atoms. The molecule has 6 heteroatoms. The predicted molar refractivity (Wildman–Crippen MR) is 92.7 cm³/mol. The van der Waals surface area contributed by atoms with Crippen LogP contribution < -0.4 is 10.5 Å². The quantitative estimate of drug-likeness (QED) is 0.912. The molecule has 0 radical (unpaired) electrons. The van der Waals surface area contributed by atoms with Gasteiger partial charge in [0.25, 0.3) is 0 Å². The van der Waals surface area contributed by atoms with Crippen LogP contribution in [0.25, 0.3) is 11.4 Å². The van der Waals surface area contributed by atoms with E-state index < -0.39 is 6.04 Å². The molecular formula is C18H24N4O2. The largest absolute Gasteiger partial charge is 0.490 e. The Morgan fingerprint density at radius 1 is 1.33 bits per heavy atom. The van der Waals surface area contributed by atoms with Crippen molar-refractivity contribution < 1.29 is 9.53 Å². The van der Waals surface area contributed by atoms with E-state index in [1.165, 1.54) is 0 Å². The normalized spacial score (nSPS) is 17.6. The van der Waals surface area contributed by atoms with Gasteiger partial charge in [-0.05, 0) is 38.9 Å². The molecule has 2 aromatic rings. The number of aromatic nitrogens is 2. The highest BCUT2D eigenvalue weighted by atomic mass is 16.5. The lowest BCUT2D eigenvalue weighted by molar-refractivity contribution is -0.120. The van der Waals surface area contributed by atoms with Crippen LogP contribution in [-0.4, -0.2) is 46.6 Å². The van der Waals surface area contributed by atoms with E-state index in [0.29, 0.717) is 5.82 Å². The number of likely N-dealkylation sites (tertiary alicyclic amines) is 1. The average Bonchev–Trinajstić information content (AvgIpc) is 3.06. The molecule has 1 aromatic carbocycles. The van der Waals surface area contributed by atoms with Crippen LogP contribution in [0.1, 0.15) is 25.8 Å². The van der Waals surface area contributed by atoms with Gasteiger partial charge < -0.3 is 19.9 Å². The molecule has 0 aliphatic carbocycles. The predicted octanol–water partition coefficient (Wildman–Crippen LogP) is 2.07. The molecule has 0 bridgehead atoms. The van der Waals surface area contributed by atoms with Gasteiger partial charge in [0.1, 0.15) is 23.7 Å². The van der Waals surface area contributed by atoms with E-state index in [1.54, 1.807) is 23.9 Å². The third-order valence-electron chi connectivity index (χ3n) is 4.58. The van der Waals surface area contributed by atoms with Gasteiger partial charge in [-0.3, -0.25) is 4.79 Å². The van der Waals surface area contributed by atoms with E-state index in [-0.39, 0.29) is 12.0 Å². The number of primary amides is 1. The first-order valence-electron chi connectivity index (χ1n) is 8.33. The smallest absolute Gasteiger partial charge is 0.240 e. The highest BCUT2D eigenvalue weighted by molar-refractivity contribution is 5.79. The summed E-state index contributed by atoms with van der Waals surface area (Å²) in [5.41, 5.74) is 6.34. The van der Waals surface area contributed by atoms with Crippen molar-refractivity contribution in [2.24, 2.45) is 5.73 Å². The minimum Gasteiger partial charge on any atom is -0.490 e. The second-order valence-corrected chi connectivity index (χ2v) is 6.35. The first kappa shape index (κ1) is 16.5. The van der Waals surface area contributed by atoms with Gasteiger partial charge in [0, 0.05) is 25.5 Å². The molecule has 1 aliphatic heterocycles. The van der Waals surface area contributed by atoms with Crippen molar-refractivity contribution in [1.29, 1.82) is 0 Å². The zero-order valence-electron chi connectivity index (χ0n) is 14.2. The second kappa shape index (κ2) is 7.05. The summed E-state index contributed by atoms with van der Waals surface area (Å²) in [7, 11) is 2.13. The fourth-order valence-electron chi connectivity index (χ4n) is 3.01. The molecule has 1 unspecified atom stereocenters. The number of hydrogen-bond donors (Lipinski definition) is 1. The van der Waals surface area contributed by atoms with Crippen LogP contribution >= 0.6 is 0 Å². The summed E-state index contributed by atoms with van der Waals surface area (Å²) in [6, 6.07) is 7.38. The van der Waals surface area contributed by atoms with Gasteiger partial charge in [-0.2, -0.15) is 0 Å². The van der Waals surface area contributed by atoms with E-state index in [0.717, 1.165) is 37.2 Å². The Labute approximate surface area is 142 Å². The number of carbonyl (C=O) groups excluding carboxylic acids is 1. The van der Waals surface area contributed by atoms with Crippen LogP contribution in [0.5, 0.6) is 5.75 Å². The van der Waals surface area contributed by atoms with E-state index >= 15 is 0 Å². The maximum absolute atomic E-state index is 11.6. The van der Waals surface area contributed by atoms with Crippen molar-refractivity contribution in [1.82, 2.24) is 14.5 Å². The van der Waals surface area contributed by atoms with Crippen molar-refractivity contribution in [3.05, 3.63) is 36.7 Å². The average molecular weight is 328 g/mol. The number of carbonyl (C=O) groups is 1. The molecule has 1 amide bonds. The SMILES string of the molecule is CC(C(N)=O)n1ccnc1-c1ccccc1OC1CCN(C)CC1. The molecule has 6 nitrogen and oxygen atoms in total. The minimum atomic E-state index is -0.459. The van der Waals surface area contributed by atoms with Crippen LogP contribution in [0.4, 0.5) is 0 Å². The fourth-order valence-corrected chi connectivity index (χ4v) is 3.01. The number of para-hydroxylation sites is 1. The molecule has 1 aliphatic rings. The summed E-state index contributed by atoms with van der Waals surface area (Å²) in [5.74, 6) is 1.11. The molecule has 2 heterocycles. The van der Waals surface area contributed by atoms with Gasteiger partial charge in [0.05, 0.1) is 5.56 Å². The summed E-state index contributed by atoms with van der Waals surface area (Å²) < 4.78 is 8.05. The Bertz CT molecular complexity index is 705. The van der Waals surface area contributed by atoms with Gasteiger partial charge in [-0.15, -0.1) is 0 Å². The fraction of sp³-hybridized carbons (Fsp3) is 0.444. The number of piperidine rings is 1. The minimum absolute atomic E-state index is 0.208. The molecule has 128 valence electrons. The Kier molecular flexibility index (Phi) is 4.85. The summed E-state index contributed by atoms with van der Waals surface area (Å²) in [6.45, 7) is 3.86. The van der Waals surface area contributed by atoms with Gasteiger partial charge >= 0.3 is 0 Å². The summed E-state index contributed by atoms with van der Waals surface area (Å²) in [5, 5.41) is 0. The number of amides is 1. The molecular weight excluding hydrogens is 304 g/mol. The molecule has 0 saturated carbocycles. The maximum Gasteiger partial charge on any atom is 0.240 e. The molecule has 1 fully saturated rings. The van der Waals surface area contributed by atoms with Crippen LogP contribution in [0.15, 0.2) is 36.7 Å². The molecule has 24 heavy (non-hydrogen) atoms. The molecule has 1 atom stereocenters. The van der Waals surface area contributed by atoms with Crippen LogP contribution in [0, 0.1) is 0 Å². The maximum atomic E-state index is 11.6. The van der Waals surface area contributed by atoms with Gasteiger partial charge in [0.2, 0.25) is 5.91 Å². The molecule has 1 saturated heterocycles. The standard InChI is InChI=1S/C18H24N4O2/c1-13(17(19)23)22-12-9-20-18(22)15-5-3-4-6-16(15)24-14-7-10-21(2)11-8-14/h3-6,9,12-14H,7-8,10-11H2,1-2H3,(H2,19,23). The van der Waals surface area contributed by atoms with Crippen molar-refractivity contribution in [3.63, 3.8) is 0 Å². The number of nitrogens with zero attached hydrogens (tertiary/aromatic N) is 3. The monoisotopic (exact) mass is 328 g/mol. The number of benzene rings is 1. The Morgan fingerprint density at radius 3 is 2.75 bits per heavy atom. The Morgan fingerprint density at radius 2 is 2.04 bits per heavy atom. The van der Waals surface area contributed by atoms with Gasteiger partial charge in [-0.1, -0.05) is 12.1 Å². The lowest BCUT2D eigenvalue weighted by Crippen LogP contribution is -2.35. The third kappa shape index (κ3) is 3.43. The number of rotatable bonds is 5. The number of ether oxygens (including phenoxy) is 1. The number of hydrogen-bond acceptors (Lipinski definition) is 4. The van der Waals surface area contributed by atoms with Crippen molar-refractivity contribution >= 4 is 5.91 Å². The molecule has 3 rings (SSSR count). The van der Waals surface area contributed by atoms with Gasteiger partial charge in [0.15, 0.2) is 0 Å². The number of imidazole rings is 1. The summed E-state index contributed by atoms with van der Waals surface area (Å²) in [4.78, 5) is 18.3. The van der Waals surface area contributed by atoms with Crippen molar-refractivity contribution in [3.8, 4) is 17.1 Å². The van der Waals surface area contributed by atoms with Gasteiger partial charge in [-0.25, -0.2) is 4.98 Å². The number of nitrogens with two attached hydrogens (primary N) is 1. The molecule has 2 N–H and O–H groups in total. The Balaban J connectivity index is 1.87. The van der Waals surface area contributed by atoms with Crippen LogP contribution in [0.3, 0.4) is 0 Å². The van der Waals surface area contributed by atoms with E-state index in [1.807, 2.05) is 24.3 Å². The first-order chi connectivity index (χ1) is 11.6. The zero-order chi connectivity index (χ0) is 17.1. The lowest BCUT2D eigenvalue weighted by Gasteiger charge is -2.30. The van der Waals surface area contributed by atoms with E-state index in [9.17, 15) is 4.79 Å². The van der Waals surface area contributed by atoms with E-state index in [2.05, 4.69) is 16.9 Å². The molecule has 1 aromatic heterocycles. The second-order valence-electron chi connectivity index (χ2n) is 6.35.